The maximum atomic E-state index is 12.1. The average Bonchev–Trinajstić information content (AvgIpc) is 2.83. The summed E-state index contributed by atoms with van der Waals surface area (Å²) in [4.78, 5) is 10.8. The van der Waals surface area contributed by atoms with E-state index in [2.05, 4.69) is 0 Å². The molecule has 6 heteroatoms. The summed E-state index contributed by atoms with van der Waals surface area (Å²) in [5, 5.41) is 8.21. The van der Waals surface area contributed by atoms with E-state index in [0.29, 0.717) is 13.0 Å². The van der Waals surface area contributed by atoms with Crippen molar-refractivity contribution in [1.82, 2.24) is 0 Å². The molecule has 0 bridgehead atoms. The number of aromatic carboxylic acids is 1. The summed E-state index contributed by atoms with van der Waals surface area (Å²) in [5.41, 5.74) is 0.0756. The Balaban J connectivity index is 2.30. The SMILES string of the molecule is O=C(O)c1ccc(S(=O)(=O)C2CCOC2)cc1. The Kier molecular flexibility index (Phi) is 3.17. The quantitative estimate of drug-likeness (QED) is 0.870. The molecule has 0 amide bonds. The zero-order valence-corrected chi connectivity index (χ0v) is 9.81. The van der Waals surface area contributed by atoms with Crippen LogP contribution < -0.4 is 0 Å². The number of rotatable bonds is 3. The van der Waals surface area contributed by atoms with Crippen molar-refractivity contribution in [2.24, 2.45) is 0 Å². The number of carboxylic acids is 1. The van der Waals surface area contributed by atoms with Crippen LogP contribution in [0.1, 0.15) is 16.8 Å². The highest BCUT2D eigenvalue weighted by molar-refractivity contribution is 7.92. The standard InChI is InChI=1S/C11H12O5S/c12-11(13)8-1-3-9(4-2-8)17(14,15)10-5-6-16-7-10/h1-4,10H,5-7H2,(H,12,13). The van der Waals surface area contributed by atoms with Crippen LogP contribution in [0.4, 0.5) is 0 Å². The molecule has 0 spiro atoms. The van der Waals surface area contributed by atoms with E-state index < -0.39 is 21.1 Å². The van der Waals surface area contributed by atoms with Gasteiger partial charge >= 0.3 is 5.97 Å². The fourth-order valence-corrected chi connectivity index (χ4v) is 3.32. The Morgan fingerprint density at radius 3 is 2.41 bits per heavy atom. The van der Waals surface area contributed by atoms with Crippen molar-refractivity contribution in [2.45, 2.75) is 16.6 Å². The number of sulfone groups is 1. The Morgan fingerprint density at radius 1 is 1.29 bits per heavy atom. The minimum Gasteiger partial charge on any atom is -0.478 e. The van der Waals surface area contributed by atoms with E-state index in [1.54, 1.807) is 0 Å². The van der Waals surface area contributed by atoms with E-state index >= 15 is 0 Å². The summed E-state index contributed by atoms with van der Waals surface area (Å²) in [7, 11) is -3.40. The van der Waals surface area contributed by atoms with Crippen LogP contribution in [0.25, 0.3) is 0 Å². The van der Waals surface area contributed by atoms with Crippen LogP contribution in [0.5, 0.6) is 0 Å². The third-order valence-corrected chi connectivity index (χ3v) is 4.94. The molecule has 1 atom stereocenters. The van der Waals surface area contributed by atoms with Crippen molar-refractivity contribution in [3.05, 3.63) is 29.8 Å². The van der Waals surface area contributed by atoms with Gasteiger partial charge in [-0.2, -0.15) is 0 Å². The van der Waals surface area contributed by atoms with Gasteiger partial charge in [-0.05, 0) is 30.7 Å². The van der Waals surface area contributed by atoms with Crippen molar-refractivity contribution in [1.29, 1.82) is 0 Å². The molecule has 1 aromatic carbocycles. The van der Waals surface area contributed by atoms with Crippen molar-refractivity contribution in [3.8, 4) is 0 Å². The van der Waals surface area contributed by atoms with Gasteiger partial charge in [0.25, 0.3) is 0 Å². The van der Waals surface area contributed by atoms with Gasteiger partial charge in [-0.3, -0.25) is 0 Å². The summed E-state index contributed by atoms with van der Waals surface area (Å²) in [6.45, 7) is 0.667. The Hall–Kier alpha value is -1.40. The lowest BCUT2D eigenvalue weighted by Gasteiger charge is -2.09. The zero-order valence-electron chi connectivity index (χ0n) is 9.00. The van der Waals surface area contributed by atoms with Crippen LogP contribution in [0.15, 0.2) is 29.2 Å². The maximum absolute atomic E-state index is 12.1. The van der Waals surface area contributed by atoms with Gasteiger partial charge in [0.1, 0.15) is 0 Å². The molecule has 1 aliphatic rings. The van der Waals surface area contributed by atoms with Crippen LogP contribution in [0, 0.1) is 0 Å². The number of hydrogen-bond acceptors (Lipinski definition) is 4. The smallest absolute Gasteiger partial charge is 0.335 e. The molecular weight excluding hydrogens is 244 g/mol. The molecule has 17 heavy (non-hydrogen) atoms. The first-order chi connectivity index (χ1) is 8.01. The van der Waals surface area contributed by atoms with Crippen LogP contribution >= 0.6 is 0 Å². The van der Waals surface area contributed by atoms with Gasteiger partial charge in [0.2, 0.25) is 0 Å². The van der Waals surface area contributed by atoms with Gasteiger partial charge in [0.15, 0.2) is 9.84 Å². The lowest BCUT2D eigenvalue weighted by atomic mass is 10.2. The summed E-state index contributed by atoms with van der Waals surface area (Å²) >= 11 is 0. The molecule has 5 nitrogen and oxygen atoms in total. The predicted molar refractivity (Wildman–Crippen MR) is 59.8 cm³/mol. The van der Waals surface area contributed by atoms with E-state index in [0.717, 1.165) is 0 Å². The van der Waals surface area contributed by atoms with E-state index in [1.807, 2.05) is 0 Å². The van der Waals surface area contributed by atoms with Crippen molar-refractivity contribution in [3.63, 3.8) is 0 Å². The highest BCUT2D eigenvalue weighted by atomic mass is 32.2. The molecule has 0 aliphatic carbocycles. The number of carboxylic acid groups (broad SMARTS) is 1. The number of carbonyl (C=O) groups is 1. The molecule has 0 radical (unpaired) electrons. The molecule has 1 fully saturated rings. The monoisotopic (exact) mass is 256 g/mol. The fraction of sp³-hybridized carbons (Fsp3) is 0.364. The van der Waals surface area contributed by atoms with Gasteiger partial charge in [0, 0.05) is 6.61 Å². The molecule has 0 aromatic heterocycles. The van der Waals surface area contributed by atoms with Gasteiger partial charge < -0.3 is 9.84 Å². The van der Waals surface area contributed by atoms with Crippen molar-refractivity contribution < 1.29 is 23.1 Å². The molecule has 1 heterocycles. The third kappa shape index (κ3) is 2.32. The second-order valence-electron chi connectivity index (χ2n) is 3.86. The molecule has 1 unspecified atom stereocenters. The molecule has 1 saturated heterocycles. The summed E-state index contributed by atoms with van der Waals surface area (Å²) in [6, 6.07) is 5.25. The Bertz CT molecular complexity index is 511. The Morgan fingerprint density at radius 2 is 1.94 bits per heavy atom. The summed E-state index contributed by atoms with van der Waals surface area (Å²) in [6.07, 6.45) is 0.489. The number of hydrogen-bond donors (Lipinski definition) is 1. The van der Waals surface area contributed by atoms with Crippen LogP contribution in [-0.4, -0.2) is 38.0 Å². The van der Waals surface area contributed by atoms with E-state index in [1.165, 1.54) is 24.3 Å². The average molecular weight is 256 g/mol. The van der Waals surface area contributed by atoms with Crippen LogP contribution in [-0.2, 0) is 14.6 Å². The number of benzene rings is 1. The normalized spacial score (nSPS) is 20.4. The molecule has 1 N–H and O–H groups in total. The van der Waals surface area contributed by atoms with Crippen molar-refractivity contribution in [2.75, 3.05) is 13.2 Å². The molecule has 0 saturated carbocycles. The highest BCUT2D eigenvalue weighted by Crippen LogP contribution is 2.22. The topological polar surface area (TPSA) is 80.7 Å². The largest absolute Gasteiger partial charge is 0.478 e. The second kappa shape index (κ2) is 4.46. The number of ether oxygens (including phenoxy) is 1. The Labute approximate surface area is 98.9 Å². The molecule has 92 valence electrons. The van der Waals surface area contributed by atoms with E-state index in [4.69, 9.17) is 9.84 Å². The molecular formula is C11H12O5S. The third-order valence-electron chi connectivity index (χ3n) is 2.76. The van der Waals surface area contributed by atoms with Crippen LogP contribution in [0.3, 0.4) is 0 Å². The first kappa shape index (κ1) is 12.1. The van der Waals surface area contributed by atoms with Crippen LogP contribution in [0.2, 0.25) is 0 Å². The predicted octanol–water partition coefficient (Wildman–Crippen LogP) is 0.947. The highest BCUT2D eigenvalue weighted by Gasteiger charge is 2.31. The maximum Gasteiger partial charge on any atom is 0.335 e. The minimum absolute atomic E-state index is 0.0756. The van der Waals surface area contributed by atoms with Gasteiger partial charge in [-0.1, -0.05) is 0 Å². The van der Waals surface area contributed by atoms with E-state index in [9.17, 15) is 13.2 Å². The summed E-state index contributed by atoms with van der Waals surface area (Å²) < 4.78 is 29.2. The summed E-state index contributed by atoms with van der Waals surface area (Å²) in [5.74, 6) is -1.07. The first-order valence-electron chi connectivity index (χ1n) is 5.17. The molecule has 1 aliphatic heterocycles. The van der Waals surface area contributed by atoms with Gasteiger partial charge in [-0.15, -0.1) is 0 Å². The lowest BCUT2D eigenvalue weighted by molar-refractivity contribution is 0.0696. The first-order valence-corrected chi connectivity index (χ1v) is 6.71. The van der Waals surface area contributed by atoms with E-state index in [-0.39, 0.29) is 17.1 Å². The van der Waals surface area contributed by atoms with Gasteiger partial charge in [0.05, 0.1) is 22.3 Å². The fourth-order valence-electron chi connectivity index (χ4n) is 1.74. The molecule has 1 aromatic rings. The minimum atomic E-state index is -3.40. The zero-order chi connectivity index (χ0) is 12.5. The van der Waals surface area contributed by atoms with Crippen molar-refractivity contribution >= 4 is 15.8 Å². The van der Waals surface area contributed by atoms with Gasteiger partial charge in [-0.25, -0.2) is 13.2 Å². The molecule has 2 rings (SSSR count). The second-order valence-corrected chi connectivity index (χ2v) is 6.09. The lowest BCUT2D eigenvalue weighted by Crippen LogP contribution is -2.21.